The van der Waals surface area contributed by atoms with E-state index in [-0.39, 0.29) is 5.96 Å². The van der Waals surface area contributed by atoms with E-state index in [1.54, 1.807) is 6.08 Å². The van der Waals surface area contributed by atoms with Crippen LogP contribution in [0.1, 0.15) is 64.2 Å². The first-order valence-corrected chi connectivity index (χ1v) is 10.8. The Bertz CT molecular complexity index is 636. The van der Waals surface area contributed by atoms with E-state index >= 15 is 0 Å². The third kappa shape index (κ3) is 4.67. The maximum atomic E-state index is 11.0. The molecule has 1 aliphatic heterocycles. The Hall–Kier alpha value is -1.36. The molecular weight excluding hydrogens is 358 g/mol. The molecular formula is C16H29N5O4S. The molecule has 0 aromatic carbocycles. The molecule has 0 amide bonds. The minimum absolute atomic E-state index is 0.177. The van der Waals surface area contributed by atoms with Crippen LogP contribution in [0.25, 0.3) is 0 Å². The zero-order valence-corrected chi connectivity index (χ0v) is 15.8. The number of nitrogens with zero attached hydrogens (tertiary/aromatic N) is 3. The molecule has 26 heavy (non-hydrogen) atoms. The SMILES string of the molecule is NC1=NC(N(C2CCCCC2)C2CCCCC2)=CC(N)N1OS(=O)(=O)O. The number of hydrogen-bond acceptors (Lipinski definition) is 8. The lowest BCUT2D eigenvalue weighted by molar-refractivity contribution is -0.0147. The lowest BCUT2D eigenvalue weighted by atomic mass is 9.88. The zero-order valence-electron chi connectivity index (χ0n) is 15.0. The van der Waals surface area contributed by atoms with Crippen LogP contribution in [0.4, 0.5) is 0 Å². The first-order valence-electron chi connectivity index (χ1n) is 9.41. The van der Waals surface area contributed by atoms with Gasteiger partial charge in [0.25, 0.3) is 0 Å². The normalized spacial score (nSPS) is 26.4. The molecule has 0 bridgehead atoms. The Morgan fingerprint density at radius 2 is 1.58 bits per heavy atom. The molecule has 1 heterocycles. The molecule has 2 aliphatic carbocycles. The van der Waals surface area contributed by atoms with Gasteiger partial charge in [0, 0.05) is 12.1 Å². The number of guanidine groups is 1. The van der Waals surface area contributed by atoms with Crippen molar-refractivity contribution in [1.82, 2.24) is 9.96 Å². The van der Waals surface area contributed by atoms with Crippen LogP contribution < -0.4 is 11.5 Å². The minimum Gasteiger partial charge on any atom is -0.368 e. The highest BCUT2D eigenvalue weighted by Crippen LogP contribution is 2.34. The summed E-state index contributed by atoms with van der Waals surface area (Å²) in [5, 5.41) is 0.707. The van der Waals surface area contributed by atoms with Gasteiger partial charge in [0.15, 0.2) is 0 Å². The molecule has 0 radical (unpaired) electrons. The van der Waals surface area contributed by atoms with Crippen LogP contribution in [0.2, 0.25) is 0 Å². The van der Waals surface area contributed by atoms with E-state index in [4.69, 9.17) is 16.0 Å². The molecule has 0 aromatic rings. The highest BCUT2D eigenvalue weighted by Gasteiger charge is 2.34. The predicted octanol–water partition coefficient (Wildman–Crippen LogP) is 1.44. The van der Waals surface area contributed by atoms with Crippen molar-refractivity contribution >= 4 is 16.4 Å². The van der Waals surface area contributed by atoms with Crippen molar-refractivity contribution in [2.24, 2.45) is 16.5 Å². The van der Waals surface area contributed by atoms with Gasteiger partial charge in [0.05, 0.1) is 0 Å². The Morgan fingerprint density at radius 3 is 2.00 bits per heavy atom. The van der Waals surface area contributed by atoms with Crippen LogP contribution in [0, 0.1) is 0 Å². The Balaban J connectivity index is 1.85. The van der Waals surface area contributed by atoms with Gasteiger partial charge in [-0.1, -0.05) is 38.5 Å². The maximum absolute atomic E-state index is 11.0. The molecule has 1 unspecified atom stereocenters. The van der Waals surface area contributed by atoms with E-state index in [0.29, 0.717) is 23.0 Å². The second kappa shape index (κ2) is 8.12. The largest absolute Gasteiger partial charge is 0.418 e. The number of nitrogens with two attached hydrogens (primary N) is 2. The van der Waals surface area contributed by atoms with Crippen molar-refractivity contribution in [3.63, 3.8) is 0 Å². The average molecular weight is 388 g/mol. The highest BCUT2D eigenvalue weighted by molar-refractivity contribution is 7.80. The second-order valence-corrected chi connectivity index (χ2v) is 8.31. The monoisotopic (exact) mass is 387 g/mol. The van der Waals surface area contributed by atoms with Gasteiger partial charge in [-0.2, -0.15) is 18.5 Å². The van der Waals surface area contributed by atoms with E-state index < -0.39 is 16.6 Å². The number of hydrogen-bond donors (Lipinski definition) is 3. The van der Waals surface area contributed by atoms with Crippen LogP contribution in [-0.4, -0.2) is 47.1 Å². The summed E-state index contributed by atoms with van der Waals surface area (Å²) >= 11 is 0. The summed E-state index contributed by atoms with van der Waals surface area (Å²) in [6.07, 6.45) is 12.5. The topological polar surface area (TPSA) is 134 Å². The quantitative estimate of drug-likeness (QED) is 0.603. The Kier molecular flexibility index (Phi) is 6.06. The predicted molar refractivity (Wildman–Crippen MR) is 97.7 cm³/mol. The third-order valence-electron chi connectivity index (χ3n) is 5.42. The number of rotatable bonds is 5. The van der Waals surface area contributed by atoms with Crippen LogP contribution >= 0.6 is 0 Å². The smallest absolute Gasteiger partial charge is 0.368 e. The van der Waals surface area contributed by atoms with E-state index in [0.717, 1.165) is 25.7 Å². The molecule has 1 atom stereocenters. The van der Waals surface area contributed by atoms with Gasteiger partial charge in [0.1, 0.15) is 12.0 Å². The third-order valence-corrected chi connectivity index (χ3v) is 5.77. The fourth-order valence-electron chi connectivity index (χ4n) is 4.30. The minimum atomic E-state index is -4.73. The second-order valence-electron chi connectivity index (χ2n) is 7.30. The number of hydroxylamine groups is 2. The van der Waals surface area contributed by atoms with Crippen molar-refractivity contribution in [2.45, 2.75) is 82.5 Å². The fourth-order valence-corrected chi connectivity index (χ4v) is 4.68. The van der Waals surface area contributed by atoms with Crippen molar-refractivity contribution in [3.05, 3.63) is 11.9 Å². The Labute approximate surface area is 155 Å². The summed E-state index contributed by atoms with van der Waals surface area (Å²) in [6, 6.07) is 0.798. The van der Waals surface area contributed by atoms with Gasteiger partial charge in [0.2, 0.25) is 5.96 Å². The van der Waals surface area contributed by atoms with Crippen molar-refractivity contribution in [2.75, 3.05) is 0 Å². The van der Waals surface area contributed by atoms with Gasteiger partial charge in [-0.05, 0) is 31.8 Å². The lowest BCUT2D eigenvalue weighted by Gasteiger charge is -2.44. The molecule has 0 spiro atoms. The molecule has 10 heteroatoms. The summed E-state index contributed by atoms with van der Waals surface area (Å²) in [4.78, 5) is 6.73. The first-order chi connectivity index (χ1) is 12.3. The van der Waals surface area contributed by atoms with Crippen molar-refractivity contribution < 1.29 is 17.3 Å². The fraction of sp³-hybridized carbons (Fsp3) is 0.812. The summed E-state index contributed by atoms with van der Waals surface area (Å²) in [5.74, 6) is 0.508. The Morgan fingerprint density at radius 1 is 1.08 bits per heavy atom. The van der Waals surface area contributed by atoms with Crippen LogP contribution in [0.15, 0.2) is 16.9 Å². The lowest BCUT2D eigenvalue weighted by Crippen LogP contribution is -2.53. The highest BCUT2D eigenvalue weighted by atomic mass is 32.3. The van der Waals surface area contributed by atoms with Crippen LogP contribution in [0.3, 0.4) is 0 Å². The summed E-state index contributed by atoms with van der Waals surface area (Å²) in [7, 11) is -4.73. The van der Waals surface area contributed by atoms with E-state index in [1.165, 1.54) is 38.5 Å². The van der Waals surface area contributed by atoms with Gasteiger partial charge >= 0.3 is 10.4 Å². The van der Waals surface area contributed by atoms with Crippen molar-refractivity contribution in [3.8, 4) is 0 Å². The molecule has 148 valence electrons. The molecule has 3 rings (SSSR count). The van der Waals surface area contributed by atoms with Gasteiger partial charge in [-0.3, -0.25) is 4.55 Å². The number of aliphatic imine (C=N–C) groups is 1. The summed E-state index contributed by atoms with van der Waals surface area (Å²) in [5.41, 5.74) is 11.9. The van der Waals surface area contributed by atoms with E-state index in [1.807, 2.05) is 0 Å². The molecule has 2 fully saturated rings. The van der Waals surface area contributed by atoms with Crippen LogP contribution in [0.5, 0.6) is 0 Å². The molecule has 2 saturated carbocycles. The standard InChI is InChI=1S/C16H29N5O4S/c17-14-11-15(19-16(18)21(14)25-26(22,23)24)20(12-7-3-1-4-8-12)13-9-5-2-6-10-13/h11-14H,1-10,17H2,(H2,18,19)(H,22,23,24). The zero-order chi connectivity index (χ0) is 18.7. The van der Waals surface area contributed by atoms with Crippen molar-refractivity contribution in [1.29, 1.82) is 0 Å². The van der Waals surface area contributed by atoms with E-state index in [9.17, 15) is 8.42 Å². The molecule has 0 saturated heterocycles. The van der Waals surface area contributed by atoms with Gasteiger partial charge < -0.3 is 16.4 Å². The summed E-state index contributed by atoms with van der Waals surface area (Å²) in [6.45, 7) is 0. The first kappa shape index (κ1) is 19.4. The van der Waals surface area contributed by atoms with E-state index in [2.05, 4.69) is 14.2 Å². The van der Waals surface area contributed by atoms with Gasteiger partial charge in [-0.25, -0.2) is 0 Å². The molecule has 0 aromatic heterocycles. The molecule has 5 N–H and O–H groups in total. The van der Waals surface area contributed by atoms with Gasteiger partial charge in [-0.15, -0.1) is 4.28 Å². The maximum Gasteiger partial charge on any atom is 0.418 e. The summed E-state index contributed by atoms with van der Waals surface area (Å²) < 4.78 is 35.3. The molecule has 3 aliphatic rings. The van der Waals surface area contributed by atoms with Crippen LogP contribution in [-0.2, 0) is 14.7 Å². The molecule has 9 nitrogen and oxygen atoms in total. The average Bonchev–Trinajstić information content (AvgIpc) is 2.60.